The van der Waals surface area contributed by atoms with E-state index in [1.807, 2.05) is 17.6 Å². The molecule has 0 saturated carbocycles. The zero-order valence-electron chi connectivity index (χ0n) is 6.65. The van der Waals surface area contributed by atoms with Gasteiger partial charge in [-0.25, -0.2) is 9.97 Å². The molecule has 2 rings (SSSR count). The molecule has 62 valence electrons. The number of aromatic nitrogens is 3. The molecule has 0 fully saturated rings. The summed E-state index contributed by atoms with van der Waals surface area (Å²) in [7, 11) is 1.83. The second kappa shape index (κ2) is 2.37. The summed E-state index contributed by atoms with van der Waals surface area (Å²) in [5.41, 5.74) is 6.28. The largest absolute Gasteiger partial charge is 0.381 e. The molecular weight excluding hydrogens is 154 g/mol. The van der Waals surface area contributed by atoms with Crippen LogP contribution >= 0.6 is 0 Å². The minimum Gasteiger partial charge on any atom is -0.381 e. The first-order chi connectivity index (χ1) is 5.83. The Morgan fingerprint density at radius 2 is 2.33 bits per heavy atom. The molecule has 0 spiro atoms. The lowest BCUT2D eigenvalue weighted by Gasteiger charge is -1.99. The lowest BCUT2D eigenvalue weighted by Crippen LogP contribution is -1.98. The van der Waals surface area contributed by atoms with Crippen LogP contribution in [0.5, 0.6) is 0 Å². The second-order valence-corrected chi connectivity index (χ2v) is 2.40. The highest BCUT2D eigenvalue weighted by atomic mass is 15.1. The molecule has 0 aliphatic rings. The van der Waals surface area contributed by atoms with Crippen LogP contribution in [0.3, 0.4) is 0 Å². The predicted molar refractivity (Wildman–Crippen MR) is 46.9 cm³/mol. The average Bonchev–Trinajstić information content (AvgIpc) is 2.49. The van der Waals surface area contributed by atoms with Crippen molar-refractivity contribution in [3.63, 3.8) is 0 Å². The SMILES string of the molecule is CNc1cnc2c(N)nccn12. The maximum absolute atomic E-state index is 5.60. The highest BCUT2D eigenvalue weighted by Crippen LogP contribution is 2.13. The van der Waals surface area contributed by atoms with Gasteiger partial charge in [0, 0.05) is 19.4 Å². The van der Waals surface area contributed by atoms with E-state index in [4.69, 9.17) is 5.73 Å². The molecule has 2 aromatic heterocycles. The Labute approximate surface area is 69.2 Å². The van der Waals surface area contributed by atoms with Crippen molar-refractivity contribution < 1.29 is 0 Å². The van der Waals surface area contributed by atoms with Crippen molar-refractivity contribution in [3.05, 3.63) is 18.6 Å². The van der Waals surface area contributed by atoms with Crippen molar-refractivity contribution in [2.75, 3.05) is 18.1 Å². The number of rotatable bonds is 1. The van der Waals surface area contributed by atoms with Crippen LogP contribution in [0.2, 0.25) is 0 Å². The molecule has 0 bridgehead atoms. The van der Waals surface area contributed by atoms with Crippen molar-refractivity contribution in [3.8, 4) is 0 Å². The van der Waals surface area contributed by atoms with E-state index in [2.05, 4.69) is 15.3 Å². The van der Waals surface area contributed by atoms with Gasteiger partial charge >= 0.3 is 0 Å². The van der Waals surface area contributed by atoms with Crippen molar-refractivity contribution in [1.29, 1.82) is 0 Å². The van der Waals surface area contributed by atoms with Gasteiger partial charge in [-0.05, 0) is 0 Å². The zero-order chi connectivity index (χ0) is 8.55. The van der Waals surface area contributed by atoms with Gasteiger partial charge < -0.3 is 11.1 Å². The monoisotopic (exact) mass is 163 g/mol. The fourth-order valence-electron chi connectivity index (χ4n) is 1.12. The molecule has 2 heterocycles. The normalized spacial score (nSPS) is 10.4. The molecule has 0 aliphatic carbocycles. The molecule has 3 N–H and O–H groups in total. The molecule has 0 amide bonds. The van der Waals surface area contributed by atoms with Crippen LogP contribution in [0, 0.1) is 0 Å². The number of nitrogens with zero attached hydrogens (tertiary/aromatic N) is 3. The Morgan fingerprint density at radius 1 is 1.50 bits per heavy atom. The number of hydrogen-bond acceptors (Lipinski definition) is 4. The molecule has 0 atom stereocenters. The Kier molecular flexibility index (Phi) is 1.36. The van der Waals surface area contributed by atoms with E-state index in [0.29, 0.717) is 11.5 Å². The van der Waals surface area contributed by atoms with Crippen molar-refractivity contribution in [1.82, 2.24) is 14.4 Å². The molecule has 0 aromatic carbocycles. The van der Waals surface area contributed by atoms with Crippen LogP contribution in [0.25, 0.3) is 5.65 Å². The summed E-state index contributed by atoms with van der Waals surface area (Å²) in [5, 5.41) is 2.99. The van der Waals surface area contributed by atoms with E-state index in [1.165, 1.54) is 0 Å². The first-order valence-corrected chi connectivity index (χ1v) is 3.58. The van der Waals surface area contributed by atoms with Crippen LogP contribution in [-0.2, 0) is 0 Å². The van der Waals surface area contributed by atoms with Crippen molar-refractivity contribution in [2.24, 2.45) is 0 Å². The summed E-state index contributed by atoms with van der Waals surface area (Å²) in [4.78, 5) is 8.02. The van der Waals surface area contributed by atoms with Crippen LogP contribution in [0.1, 0.15) is 0 Å². The fourth-order valence-corrected chi connectivity index (χ4v) is 1.12. The zero-order valence-corrected chi connectivity index (χ0v) is 6.65. The molecule has 2 aromatic rings. The van der Waals surface area contributed by atoms with Crippen LogP contribution in [0.15, 0.2) is 18.6 Å². The number of hydrogen-bond donors (Lipinski definition) is 2. The van der Waals surface area contributed by atoms with Crippen molar-refractivity contribution >= 4 is 17.3 Å². The maximum Gasteiger partial charge on any atom is 0.181 e. The minimum absolute atomic E-state index is 0.444. The van der Waals surface area contributed by atoms with E-state index in [-0.39, 0.29) is 0 Å². The number of fused-ring (bicyclic) bond motifs is 1. The summed E-state index contributed by atoms with van der Waals surface area (Å²) in [6.07, 6.45) is 5.17. The molecule has 12 heavy (non-hydrogen) atoms. The highest BCUT2D eigenvalue weighted by Gasteiger charge is 2.03. The van der Waals surface area contributed by atoms with Crippen LogP contribution < -0.4 is 11.1 Å². The van der Waals surface area contributed by atoms with Gasteiger partial charge in [0.2, 0.25) is 0 Å². The first-order valence-electron chi connectivity index (χ1n) is 3.58. The average molecular weight is 163 g/mol. The molecular formula is C7H9N5. The van der Waals surface area contributed by atoms with E-state index >= 15 is 0 Å². The topological polar surface area (TPSA) is 68.2 Å². The third-order valence-corrected chi connectivity index (χ3v) is 1.71. The number of imidazole rings is 1. The van der Waals surface area contributed by atoms with Crippen LogP contribution in [0.4, 0.5) is 11.6 Å². The minimum atomic E-state index is 0.444. The summed E-state index contributed by atoms with van der Waals surface area (Å²) >= 11 is 0. The standard InChI is InChI=1S/C7H9N5/c1-9-5-4-11-7-6(8)10-2-3-12(5)7/h2-4,9H,1H3,(H2,8,10). The number of anilines is 2. The number of nitrogens with one attached hydrogen (secondary N) is 1. The molecule has 0 aliphatic heterocycles. The second-order valence-electron chi connectivity index (χ2n) is 2.40. The highest BCUT2D eigenvalue weighted by molar-refractivity contribution is 5.63. The lowest BCUT2D eigenvalue weighted by atomic mass is 10.6. The van der Waals surface area contributed by atoms with Gasteiger partial charge in [0.1, 0.15) is 5.82 Å². The van der Waals surface area contributed by atoms with E-state index in [9.17, 15) is 0 Å². The Bertz CT molecular complexity index is 405. The molecule has 5 heteroatoms. The number of nitrogen functional groups attached to an aromatic ring is 1. The maximum atomic E-state index is 5.60. The Balaban J connectivity index is 2.80. The number of nitrogens with two attached hydrogens (primary N) is 1. The van der Waals surface area contributed by atoms with Gasteiger partial charge in [0.25, 0.3) is 0 Å². The molecule has 0 unspecified atom stereocenters. The third-order valence-electron chi connectivity index (χ3n) is 1.71. The van der Waals surface area contributed by atoms with Crippen LogP contribution in [-0.4, -0.2) is 21.4 Å². The third kappa shape index (κ3) is 0.795. The summed E-state index contributed by atoms with van der Waals surface area (Å²) in [5.74, 6) is 1.35. The molecule has 0 radical (unpaired) electrons. The summed E-state index contributed by atoms with van der Waals surface area (Å²) < 4.78 is 1.85. The van der Waals surface area contributed by atoms with E-state index in [1.54, 1.807) is 12.4 Å². The van der Waals surface area contributed by atoms with Gasteiger partial charge in [-0.1, -0.05) is 0 Å². The summed E-state index contributed by atoms with van der Waals surface area (Å²) in [6.45, 7) is 0. The van der Waals surface area contributed by atoms with Gasteiger partial charge in [-0.15, -0.1) is 0 Å². The quantitative estimate of drug-likeness (QED) is 0.636. The van der Waals surface area contributed by atoms with Gasteiger partial charge in [-0.2, -0.15) is 0 Å². The van der Waals surface area contributed by atoms with Gasteiger partial charge in [0.05, 0.1) is 6.20 Å². The molecule has 5 nitrogen and oxygen atoms in total. The Hall–Kier alpha value is -1.78. The van der Waals surface area contributed by atoms with Gasteiger partial charge in [0.15, 0.2) is 11.5 Å². The predicted octanol–water partition coefficient (Wildman–Crippen LogP) is 0.353. The Morgan fingerprint density at radius 3 is 3.08 bits per heavy atom. The lowest BCUT2D eigenvalue weighted by molar-refractivity contribution is 1.13. The summed E-state index contributed by atoms with van der Waals surface area (Å²) in [6, 6.07) is 0. The molecule has 0 saturated heterocycles. The van der Waals surface area contributed by atoms with E-state index in [0.717, 1.165) is 5.82 Å². The smallest absolute Gasteiger partial charge is 0.181 e. The van der Waals surface area contributed by atoms with Crippen molar-refractivity contribution in [2.45, 2.75) is 0 Å². The fraction of sp³-hybridized carbons (Fsp3) is 0.143. The first kappa shape index (κ1) is 6.90. The van der Waals surface area contributed by atoms with Gasteiger partial charge in [-0.3, -0.25) is 4.40 Å². The van der Waals surface area contributed by atoms with E-state index < -0.39 is 0 Å².